The van der Waals surface area contributed by atoms with Crippen LogP contribution in [-0.2, 0) is 27.3 Å². The molecule has 2 amide bonds. The van der Waals surface area contributed by atoms with Crippen LogP contribution in [0.2, 0.25) is 0 Å². The van der Waals surface area contributed by atoms with E-state index in [-0.39, 0.29) is 37.0 Å². The van der Waals surface area contributed by atoms with Gasteiger partial charge in [-0.1, -0.05) is 6.07 Å². The molecule has 1 N–H and O–H groups in total. The van der Waals surface area contributed by atoms with Gasteiger partial charge < -0.3 is 33.7 Å². The largest absolute Gasteiger partial charge is 0.510 e. The summed E-state index contributed by atoms with van der Waals surface area (Å²) in [5, 5.41) is 2.40. The van der Waals surface area contributed by atoms with Gasteiger partial charge in [-0.3, -0.25) is 14.4 Å². The van der Waals surface area contributed by atoms with Crippen LogP contribution in [-0.4, -0.2) is 60.2 Å². The Bertz CT molecular complexity index is 1250. The summed E-state index contributed by atoms with van der Waals surface area (Å²) in [4.78, 5) is 51.9. The number of methoxy groups -OCH3 is 1. The number of rotatable bonds is 6. The molecule has 11 nitrogen and oxygen atoms in total. The summed E-state index contributed by atoms with van der Waals surface area (Å²) >= 11 is 0. The Morgan fingerprint density at radius 2 is 2.03 bits per heavy atom. The van der Waals surface area contributed by atoms with E-state index in [4.69, 9.17) is 9.47 Å². The number of fused-ring (bicyclic) bond motifs is 2. The average Bonchev–Trinajstić information content (AvgIpc) is 3.20. The SMILES string of the molecule is COC(=O)OCOc1c2n(cc(C(=O)NCc3ccc(F)cc3F)c1=O)CC1OCC(C)N1C2=O. The van der Waals surface area contributed by atoms with Gasteiger partial charge in [0.25, 0.3) is 11.8 Å². The highest BCUT2D eigenvalue weighted by Crippen LogP contribution is 2.30. The first-order chi connectivity index (χ1) is 16.7. The van der Waals surface area contributed by atoms with Crippen molar-refractivity contribution in [1.82, 2.24) is 14.8 Å². The monoisotopic (exact) mass is 493 g/mol. The van der Waals surface area contributed by atoms with Crippen molar-refractivity contribution < 1.29 is 42.1 Å². The molecule has 3 heterocycles. The molecule has 0 spiro atoms. The number of carbonyl (C=O) groups excluding carboxylic acids is 3. The standard InChI is InChI=1S/C22H21F2N3O8/c1-11-9-33-16-8-26-7-14(20(29)25-6-12-3-4-13(23)5-15(12)24)18(28)19(17(26)21(30)27(11)16)34-10-35-22(31)32-2/h3-5,7,11,16H,6,8-10H2,1-2H3,(H,25,29). The zero-order valence-corrected chi connectivity index (χ0v) is 18.7. The Morgan fingerprint density at radius 1 is 1.26 bits per heavy atom. The lowest BCUT2D eigenvalue weighted by atomic mass is 10.1. The number of amides is 2. The minimum atomic E-state index is -1.08. The molecule has 0 saturated carbocycles. The van der Waals surface area contributed by atoms with Gasteiger partial charge in [0.05, 0.1) is 26.3 Å². The molecule has 2 aliphatic heterocycles. The lowest BCUT2D eigenvalue weighted by Crippen LogP contribution is -2.49. The van der Waals surface area contributed by atoms with E-state index in [0.717, 1.165) is 19.2 Å². The van der Waals surface area contributed by atoms with Gasteiger partial charge in [0.1, 0.15) is 17.2 Å². The van der Waals surface area contributed by atoms with E-state index in [0.29, 0.717) is 6.07 Å². The summed E-state index contributed by atoms with van der Waals surface area (Å²) < 4.78 is 48.3. The molecule has 2 aromatic rings. The average molecular weight is 493 g/mol. The molecule has 0 bridgehead atoms. The van der Waals surface area contributed by atoms with E-state index in [2.05, 4.69) is 14.8 Å². The Morgan fingerprint density at radius 3 is 2.74 bits per heavy atom. The first-order valence-electron chi connectivity index (χ1n) is 10.5. The maximum absolute atomic E-state index is 13.9. The van der Waals surface area contributed by atoms with Crippen molar-refractivity contribution in [3.63, 3.8) is 0 Å². The summed E-state index contributed by atoms with van der Waals surface area (Å²) in [6.07, 6.45) is -0.512. The van der Waals surface area contributed by atoms with Gasteiger partial charge >= 0.3 is 6.16 Å². The number of hydrogen-bond acceptors (Lipinski definition) is 8. The first kappa shape index (κ1) is 24.1. The van der Waals surface area contributed by atoms with Crippen molar-refractivity contribution in [2.45, 2.75) is 32.3 Å². The van der Waals surface area contributed by atoms with E-state index in [9.17, 15) is 28.0 Å². The topological polar surface area (TPSA) is 125 Å². The van der Waals surface area contributed by atoms with E-state index < -0.39 is 59.4 Å². The van der Waals surface area contributed by atoms with Gasteiger partial charge in [0.2, 0.25) is 18.0 Å². The number of aromatic nitrogens is 1. The van der Waals surface area contributed by atoms with Crippen LogP contribution in [0.15, 0.2) is 29.2 Å². The summed E-state index contributed by atoms with van der Waals surface area (Å²) in [5.74, 6) is -3.59. The second-order valence-corrected chi connectivity index (χ2v) is 7.83. The third kappa shape index (κ3) is 4.67. The number of ether oxygens (including phenoxy) is 4. The molecule has 2 unspecified atom stereocenters. The number of pyridine rings is 1. The number of hydrogen-bond donors (Lipinski definition) is 1. The number of nitrogens with zero attached hydrogens (tertiary/aromatic N) is 2. The van der Waals surface area contributed by atoms with Crippen LogP contribution in [0.4, 0.5) is 13.6 Å². The molecule has 35 heavy (non-hydrogen) atoms. The number of benzene rings is 1. The van der Waals surface area contributed by atoms with Crippen LogP contribution in [0.3, 0.4) is 0 Å². The molecule has 0 radical (unpaired) electrons. The zero-order chi connectivity index (χ0) is 25.3. The summed E-state index contributed by atoms with van der Waals surface area (Å²) in [6, 6.07) is 2.60. The molecule has 186 valence electrons. The number of carbonyl (C=O) groups is 3. The highest BCUT2D eigenvalue weighted by molar-refractivity contribution is 5.99. The smallest absolute Gasteiger partial charge is 0.451 e. The number of halogens is 2. The molecule has 2 atom stereocenters. The second kappa shape index (κ2) is 9.70. The first-order valence-corrected chi connectivity index (χ1v) is 10.5. The third-order valence-corrected chi connectivity index (χ3v) is 5.59. The summed E-state index contributed by atoms with van der Waals surface area (Å²) in [6.45, 7) is 1.08. The van der Waals surface area contributed by atoms with Gasteiger partial charge in [-0.05, 0) is 13.0 Å². The van der Waals surface area contributed by atoms with Gasteiger partial charge in [-0.25, -0.2) is 13.6 Å². The van der Waals surface area contributed by atoms with E-state index >= 15 is 0 Å². The lowest BCUT2D eigenvalue weighted by molar-refractivity contribution is 0.00207. The summed E-state index contributed by atoms with van der Waals surface area (Å²) in [5.41, 5.74) is -1.49. The number of nitrogens with one attached hydrogen (secondary N) is 1. The van der Waals surface area contributed by atoms with Crippen LogP contribution < -0.4 is 15.5 Å². The Balaban J connectivity index is 1.67. The zero-order valence-electron chi connectivity index (χ0n) is 18.7. The summed E-state index contributed by atoms with van der Waals surface area (Å²) in [7, 11) is 1.08. The van der Waals surface area contributed by atoms with Crippen LogP contribution in [0.25, 0.3) is 0 Å². The Hall–Kier alpha value is -4.00. The predicted octanol–water partition coefficient (Wildman–Crippen LogP) is 1.38. The van der Waals surface area contributed by atoms with Crippen molar-refractivity contribution in [3.8, 4) is 5.75 Å². The fourth-order valence-electron chi connectivity index (χ4n) is 3.89. The molecular weight excluding hydrogens is 472 g/mol. The van der Waals surface area contributed by atoms with Crippen LogP contribution in [0.5, 0.6) is 5.75 Å². The van der Waals surface area contributed by atoms with Gasteiger partial charge in [-0.15, -0.1) is 0 Å². The highest BCUT2D eigenvalue weighted by Gasteiger charge is 2.43. The molecule has 0 aliphatic carbocycles. The van der Waals surface area contributed by atoms with Gasteiger partial charge in [-0.2, -0.15) is 0 Å². The van der Waals surface area contributed by atoms with Crippen molar-refractivity contribution in [2.75, 3.05) is 20.5 Å². The molecule has 1 aromatic heterocycles. The Kier molecular flexibility index (Phi) is 6.69. The van der Waals surface area contributed by atoms with E-state index in [1.807, 2.05) is 0 Å². The lowest BCUT2D eigenvalue weighted by Gasteiger charge is -2.34. The second-order valence-electron chi connectivity index (χ2n) is 7.83. The molecule has 4 rings (SSSR count). The van der Waals surface area contributed by atoms with E-state index in [1.54, 1.807) is 6.92 Å². The fourth-order valence-corrected chi connectivity index (χ4v) is 3.89. The quantitative estimate of drug-likeness (QED) is 0.473. The molecular formula is C22H21F2N3O8. The fraction of sp³-hybridized carbons (Fsp3) is 0.364. The van der Waals surface area contributed by atoms with Crippen molar-refractivity contribution in [2.24, 2.45) is 0 Å². The maximum Gasteiger partial charge on any atom is 0.510 e. The van der Waals surface area contributed by atoms with Gasteiger partial charge in [0, 0.05) is 24.4 Å². The molecule has 1 saturated heterocycles. The molecule has 1 fully saturated rings. The maximum atomic E-state index is 13.9. The van der Waals surface area contributed by atoms with Gasteiger partial charge in [0.15, 0.2) is 11.9 Å². The van der Waals surface area contributed by atoms with Crippen LogP contribution >= 0.6 is 0 Å². The highest BCUT2D eigenvalue weighted by atomic mass is 19.1. The van der Waals surface area contributed by atoms with Crippen LogP contribution in [0, 0.1) is 11.6 Å². The minimum absolute atomic E-state index is 0.0000682. The van der Waals surface area contributed by atoms with Crippen molar-refractivity contribution in [1.29, 1.82) is 0 Å². The van der Waals surface area contributed by atoms with Crippen molar-refractivity contribution in [3.05, 3.63) is 63.1 Å². The normalized spacial score (nSPS) is 18.5. The minimum Gasteiger partial charge on any atom is -0.451 e. The van der Waals surface area contributed by atoms with E-state index in [1.165, 1.54) is 15.7 Å². The Labute approximate surface area is 197 Å². The molecule has 13 heteroatoms. The van der Waals surface area contributed by atoms with Crippen molar-refractivity contribution >= 4 is 18.0 Å². The third-order valence-electron chi connectivity index (χ3n) is 5.59. The predicted molar refractivity (Wildman–Crippen MR) is 113 cm³/mol. The van der Waals surface area contributed by atoms with Crippen LogP contribution in [0.1, 0.15) is 33.3 Å². The molecule has 2 aliphatic rings. The molecule has 1 aromatic carbocycles.